The Bertz CT molecular complexity index is 568. The third-order valence-electron chi connectivity index (χ3n) is 4.67. The van der Waals surface area contributed by atoms with Gasteiger partial charge in [-0.05, 0) is 56.6 Å². The normalized spacial score (nSPS) is 21.4. The van der Waals surface area contributed by atoms with Crippen molar-refractivity contribution in [2.24, 2.45) is 0 Å². The van der Waals surface area contributed by atoms with Crippen LogP contribution in [0.2, 0.25) is 0 Å². The molecule has 0 aromatic heterocycles. The summed E-state index contributed by atoms with van der Waals surface area (Å²) in [6.07, 6.45) is 7.20. The number of carbonyl (C=O) groups excluding carboxylic acids is 1. The van der Waals surface area contributed by atoms with E-state index >= 15 is 0 Å². The zero-order valence-corrected chi connectivity index (χ0v) is 13.2. The predicted molar refractivity (Wildman–Crippen MR) is 81.3 cm³/mol. The van der Waals surface area contributed by atoms with Gasteiger partial charge >= 0.3 is 5.97 Å². The van der Waals surface area contributed by atoms with Crippen molar-refractivity contribution in [1.29, 1.82) is 0 Å². The fourth-order valence-electron chi connectivity index (χ4n) is 3.35. The summed E-state index contributed by atoms with van der Waals surface area (Å²) in [5.41, 5.74) is 0.685. The molecular weight excluding hydrogens is 302 g/mol. The van der Waals surface area contributed by atoms with E-state index in [4.69, 9.17) is 9.47 Å². The van der Waals surface area contributed by atoms with Crippen LogP contribution in [-0.2, 0) is 16.0 Å². The summed E-state index contributed by atoms with van der Waals surface area (Å²) >= 11 is 0. The molecule has 1 aromatic carbocycles. The Hall–Kier alpha value is -1.65. The summed E-state index contributed by atoms with van der Waals surface area (Å²) in [5, 5.41) is 0. The van der Waals surface area contributed by atoms with Crippen molar-refractivity contribution in [3.63, 3.8) is 0 Å². The van der Waals surface area contributed by atoms with Crippen molar-refractivity contribution in [3.05, 3.63) is 29.3 Å². The lowest BCUT2D eigenvalue weighted by molar-refractivity contribution is -0.151. The molecule has 3 nitrogen and oxygen atoms in total. The van der Waals surface area contributed by atoms with Gasteiger partial charge in [0.2, 0.25) is 5.82 Å². The summed E-state index contributed by atoms with van der Waals surface area (Å²) < 4.78 is 38.1. The summed E-state index contributed by atoms with van der Waals surface area (Å²) in [5.74, 6) is -2.05. The molecule has 0 saturated heterocycles. The predicted octanol–water partition coefficient (Wildman–Crippen LogP) is 4.31. The Morgan fingerprint density at radius 2 is 1.96 bits per heavy atom. The van der Waals surface area contributed by atoms with Crippen molar-refractivity contribution in [3.8, 4) is 5.75 Å². The van der Waals surface area contributed by atoms with Crippen LogP contribution in [0.1, 0.15) is 56.9 Å². The van der Waals surface area contributed by atoms with E-state index in [9.17, 15) is 13.6 Å². The van der Waals surface area contributed by atoms with Crippen LogP contribution in [0.25, 0.3) is 0 Å². The van der Waals surface area contributed by atoms with Crippen LogP contribution >= 0.6 is 0 Å². The smallest absolute Gasteiger partial charge is 0.306 e. The number of rotatable bonds is 4. The van der Waals surface area contributed by atoms with E-state index in [0.29, 0.717) is 24.8 Å². The highest BCUT2D eigenvalue weighted by molar-refractivity contribution is 5.69. The average molecular weight is 324 g/mol. The first kappa shape index (κ1) is 16.2. The van der Waals surface area contributed by atoms with Crippen LogP contribution in [0.3, 0.4) is 0 Å². The second-order valence-electron chi connectivity index (χ2n) is 6.42. The van der Waals surface area contributed by atoms with E-state index < -0.39 is 11.6 Å². The Kier molecular flexibility index (Phi) is 5.13. The number of ether oxygens (including phenoxy) is 2. The summed E-state index contributed by atoms with van der Waals surface area (Å²) in [6, 6.07) is 2.68. The van der Waals surface area contributed by atoms with E-state index in [-0.39, 0.29) is 30.3 Å². The van der Waals surface area contributed by atoms with Crippen molar-refractivity contribution in [1.82, 2.24) is 0 Å². The highest BCUT2D eigenvalue weighted by Crippen LogP contribution is 2.33. The number of fused-ring (bicyclic) bond motifs is 1. The maximum atomic E-state index is 13.8. The van der Waals surface area contributed by atoms with Gasteiger partial charge in [-0.25, -0.2) is 4.39 Å². The molecule has 1 aromatic rings. The van der Waals surface area contributed by atoms with Crippen molar-refractivity contribution < 1.29 is 23.0 Å². The fraction of sp³-hybridized carbons (Fsp3) is 0.611. The van der Waals surface area contributed by atoms with Crippen molar-refractivity contribution in [2.45, 2.75) is 70.0 Å². The largest absolute Gasteiger partial charge is 0.487 e. The molecule has 5 heteroatoms. The van der Waals surface area contributed by atoms with Crippen LogP contribution < -0.4 is 4.74 Å². The third-order valence-corrected chi connectivity index (χ3v) is 4.67. The van der Waals surface area contributed by atoms with E-state index in [2.05, 4.69) is 0 Å². The van der Waals surface area contributed by atoms with Gasteiger partial charge in [0.25, 0.3) is 0 Å². The molecule has 126 valence electrons. The minimum absolute atomic E-state index is 0.00176. The van der Waals surface area contributed by atoms with Crippen LogP contribution in [0.15, 0.2) is 12.1 Å². The minimum atomic E-state index is -0.933. The van der Waals surface area contributed by atoms with E-state index in [1.165, 1.54) is 6.42 Å². The van der Waals surface area contributed by atoms with E-state index in [0.717, 1.165) is 31.7 Å². The lowest BCUT2D eigenvalue weighted by atomic mass is 9.97. The molecule has 0 amide bonds. The number of hydrogen-bond acceptors (Lipinski definition) is 3. The maximum Gasteiger partial charge on any atom is 0.306 e. The molecule has 0 radical (unpaired) electrons. The Morgan fingerprint density at radius 3 is 2.74 bits per heavy atom. The first-order valence-electron chi connectivity index (χ1n) is 8.46. The highest BCUT2D eigenvalue weighted by atomic mass is 19.2. The first-order chi connectivity index (χ1) is 11.1. The number of hydrogen-bond donors (Lipinski definition) is 0. The molecule has 1 heterocycles. The molecule has 1 saturated carbocycles. The second kappa shape index (κ2) is 7.28. The second-order valence-corrected chi connectivity index (χ2v) is 6.42. The van der Waals surface area contributed by atoms with Gasteiger partial charge in [-0.15, -0.1) is 0 Å². The Morgan fingerprint density at radius 1 is 1.17 bits per heavy atom. The van der Waals surface area contributed by atoms with Gasteiger partial charge in [0.05, 0.1) is 6.10 Å². The molecular formula is C18H22F2O3. The number of benzene rings is 1. The molecule has 0 spiro atoms. The summed E-state index contributed by atoms with van der Waals surface area (Å²) in [7, 11) is 0. The number of halogens is 2. The van der Waals surface area contributed by atoms with Crippen LogP contribution in [0.5, 0.6) is 5.75 Å². The monoisotopic (exact) mass is 324 g/mol. The molecule has 1 unspecified atom stereocenters. The number of carbonyl (C=O) groups is 1. The zero-order valence-electron chi connectivity index (χ0n) is 13.2. The standard InChI is InChI=1S/C18H22F2O3/c19-15-10-7-12-6-8-14(23-18(12)17(15)20)9-11-16(21)22-13-4-2-1-3-5-13/h7,10,13-14H,1-6,8-9,11H2. The molecule has 1 aliphatic heterocycles. The molecule has 1 aliphatic carbocycles. The molecule has 3 rings (SSSR count). The quantitative estimate of drug-likeness (QED) is 0.774. The molecule has 0 bridgehead atoms. The van der Waals surface area contributed by atoms with Gasteiger partial charge < -0.3 is 9.47 Å². The van der Waals surface area contributed by atoms with Gasteiger partial charge in [-0.2, -0.15) is 4.39 Å². The third kappa shape index (κ3) is 4.01. The Balaban J connectivity index is 1.49. The van der Waals surface area contributed by atoms with E-state index in [1.54, 1.807) is 6.07 Å². The first-order valence-corrected chi connectivity index (χ1v) is 8.46. The Labute approximate surface area is 135 Å². The fourth-order valence-corrected chi connectivity index (χ4v) is 3.35. The van der Waals surface area contributed by atoms with Gasteiger partial charge in [0.1, 0.15) is 6.10 Å². The van der Waals surface area contributed by atoms with Crippen molar-refractivity contribution >= 4 is 5.97 Å². The summed E-state index contributed by atoms with van der Waals surface area (Å²) in [4.78, 5) is 11.9. The van der Waals surface area contributed by atoms with Gasteiger partial charge in [0, 0.05) is 6.42 Å². The number of esters is 1. The van der Waals surface area contributed by atoms with Crippen LogP contribution in [0.4, 0.5) is 8.78 Å². The zero-order chi connectivity index (χ0) is 16.2. The van der Waals surface area contributed by atoms with Gasteiger partial charge in [0.15, 0.2) is 11.6 Å². The lowest BCUT2D eigenvalue weighted by Gasteiger charge is -2.27. The minimum Gasteiger partial charge on any atom is -0.487 e. The van der Waals surface area contributed by atoms with Crippen LogP contribution in [-0.4, -0.2) is 18.2 Å². The topological polar surface area (TPSA) is 35.5 Å². The molecule has 0 N–H and O–H groups in total. The molecule has 1 fully saturated rings. The maximum absolute atomic E-state index is 13.8. The SMILES string of the molecule is O=C(CCC1CCc2ccc(F)c(F)c2O1)OC1CCCCC1. The van der Waals surface area contributed by atoms with Crippen LogP contribution in [0, 0.1) is 11.6 Å². The average Bonchev–Trinajstić information content (AvgIpc) is 2.57. The van der Waals surface area contributed by atoms with E-state index in [1.807, 2.05) is 0 Å². The number of aryl methyl sites for hydroxylation is 1. The summed E-state index contributed by atoms with van der Waals surface area (Å²) in [6.45, 7) is 0. The molecule has 1 atom stereocenters. The molecule has 23 heavy (non-hydrogen) atoms. The van der Waals surface area contributed by atoms with Crippen molar-refractivity contribution in [2.75, 3.05) is 0 Å². The lowest BCUT2D eigenvalue weighted by Crippen LogP contribution is -2.26. The van der Waals surface area contributed by atoms with Gasteiger partial charge in [-0.1, -0.05) is 12.5 Å². The van der Waals surface area contributed by atoms with Gasteiger partial charge in [-0.3, -0.25) is 4.79 Å². The molecule has 2 aliphatic rings. The highest BCUT2D eigenvalue weighted by Gasteiger charge is 2.26.